The summed E-state index contributed by atoms with van der Waals surface area (Å²) in [6.45, 7) is 3.02. The Labute approximate surface area is 109 Å². The number of rotatable bonds is 5. The van der Waals surface area contributed by atoms with Crippen LogP contribution in [0.5, 0.6) is 0 Å². The Bertz CT molecular complexity index is 533. The van der Waals surface area contributed by atoms with Crippen molar-refractivity contribution in [3.05, 3.63) is 42.5 Å². The van der Waals surface area contributed by atoms with E-state index in [0.717, 1.165) is 23.7 Å². The van der Waals surface area contributed by atoms with E-state index in [1.807, 2.05) is 6.20 Å². The summed E-state index contributed by atoms with van der Waals surface area (Å²) in [5, 5.41) is 0. The molecule has 0 saturated carbocycles. The number of aromatic nitrogens is 2. The van der Waals surface area contributed by atoms with Gasteiger partial charge in [0.25, 0.3) is 0 Å². The Kier molecular flexibility index (Phi) is 4.15. The third kappa shape index (κ3) is 2.98. The van der Waals surface area contributed by atoms with Gasteiger partial charge in [0.05, 0.1) is 16.6 Å². The quantitative estimate of drug-likeness (QED) is 0.841. The maximum atomic E-state index is 12.2. The number of imidazole rings is 1. The summed E-state index contributed by atoms with van der Waals surface area (Å²) in [5.74, 6) is 1.31. The lowest BCUT2D eigenvalue weighted by atomic mass is 10.3. The van der Waals surface area contributed by atoms with E-state index < -0.39 is 10.8 Å². The van der Waals surface area contributed by atoms with Gasteiger partial charge >= 0.3 is 0 Å². The fraction of sp³-hybridized carbons (Fsp3) is 0.308. The van der Waals surface area contributed by atoms with Gasteiger partial charge in [0.1, 0.15) is 5.82 Å². The molecule has 4 nitrogen and oxygen atoms in total. The molecule has 96 valence electrons. The fourth-order valence-electron chi connectivity index (χ4n) is 1.74. The standard InChI is InChI=1S/C13H17N3OS/c1-2-8-16-9-7-15-13(16)10-18(17)12-5-3-11(14)4-6-12/h3-7,9H,2,8,10,14H2,1H3. The van der Waals surface area contributed by atoms with Gasteiger partial charge in [0, 0.05) is 29.5 Å². The monoisotopic (exact) mass is 263 g/mol. The molecule has 2 N–H and O–H groups in total. The minimum atomic E-state index is -1.07. The van der Waals surface area contributed by atoms with Crippen LogP contribution < -0.4 is 5.73 Å². The summed E-state index contributed by atoms with van der Waals surface area (Å²) in [6, 6.07) is 7.15. The van der Waals surface area contributed by atoms with Crippen molar-refractivity contribution in [1.82, 2.24) is 9.55 Å². The molecule has 2 rings (SSSR count). The van der Waals surface area contributed by atoms with Crippen molar-refractivity contribution in [2.45, 2.75) is 30.5 Å². The smallest absolute Gasteiger partial charge is 0.121 e. The Balaban J connectivity index is 2.11. The molecule has 0 spiro atoms. The third-order valence-electron chi connectivity index (χ3n) is 2.67. The average molecular weight is 263 g/mol. The van der Waals surface area contributed by atoms with Gasteiger partial charge in [-0.3, -0.25) is 4.21 Å². The van der Waals surface area contributed by atoms with Crippen LogP contribution in [0.15, 0.2) is 41.6 Å². The first-order valence-electron chi connectivity index (χ1n) is 5.94. The normalized spacial score (nSPS) is 12.5. The van der Waals surface area contributed by atoms with E-state index in [4.69, 9.17) is 5.73 Å². The van der Waals surface area contributed by atoms with Gasteiger partial charge in [-0.2, -0.15) is 0 Å². The van der Waals surface area contributed by atoms with E-state index in [9.17, 15) is 4.21 Å². The summed E-state index contributed by atoms with van der Waals surface area (Å²) < 4.78 is 14.2. The zero-order valence-electron chi connectivity index (χ0n) is 10.4. The molecule has 1 aromatic carbocycles. The topological polar surface area (TPSA) is 60.9 Å². The lowest BCUT2D eigenvalue weighted by molar-refractivity contribution is 0.646. The number of aryl methyl sites for hydroxylation is 1. The number of anilines is 1. The minimum absolute atomic E-state index is 0.441. The molecular formula is C13H17N3OS. The van der Waals surface area contributed by atoms with Gasteiger partial charge in [-0.25, -0.2) is 4.98 Å². The highest BCUT2D eigenvalue weighted by Gasteiger charge is 2.09. The molecule has 18 heavy (non-hydrogen) atoms. The summed E-state index contributed by atoms with van der Waals surface area (Å²) in [6.07, 6.45) is 4.72. The molecule has 2 aromatic rings. The molecule has 0 fully saturated rings. The summed E-state index contributed by atoms with van der Waals surface area (Å²) in [5.41, 5.74) is 6.29. The predicted molar refractivity (Wildman–Crippen MR) is 73.5 cm³/mol. The molecular weight excluding hydrogens is 246 g/mol. The van der Waals surface area contributed by atoms with E-state index in [0.29, 0.717) is 11.4 Å². The molecule has 1 aromatic heterocycles. The third-order valence-corrected chi connectivity index (χ3v) is 3.99. The van der Waals surface area contributed by atoms with Crippen LogP contribution in [0.2, 0.25) is 0 Å². The first-order chi connectivity index (χ1) is 8.70. The molecule has 1 unspecified atom stereocenters. The zero-order chi connectivity index (χ0) is 13.0. The van der Waals surface area contributed by atoms with Crippen LogP contribution in [0.3, 0.4) is 0 Å². The van der Waals surface area contributed by atoms with Gasteiger partial charge in [0.15, 0.2) is 0 Å². The van der Waals surface area contributed by atoms with Gasteiger partial charge in [-0.15, -0.1) is 0 Å². The van der Waals surface area contributed by atoms with Crippen molar-refractivity contribution in [2.24, 2.45) is 0 Å². The highest BCUT2D eigenvalue weighted by molar-refractivity contribution is 7.84. The van der Waals surface area contributed by atoms with Crippen LogP contribution >= 0.6 is 0 Å². The first-order valence-corrected chi connectivity index (χ1v) is 7.26. The van der Waals surface area contributed by atoms with E-state index in [1.165, 1.54) is 0 Å². The second-order valence-corrected chi connectivity index (χ2v) is 5.55. The molecule has 0 aliphatic carbocycles. The highest BCUT2D eigenvalue weighted by atomic mass is 32.2. The molecule has 0 saturated heterocycles. The van der Waals surface area contributed by atoms with Crippen LogP contribution in [-0.2, 0) is 23.1 Å². The van der Waals surface area contributed by atoms with Gasteiger partial charge in [-0.05, 0) is 30.7 Å². The average Bonchev–Trinajstić information content (AvgIpc) is 2.78. The van der Waals surface area contributed by atoms with Crippen molar-refractivity contribution in [2.75, 3.05) is 5.73 Å². The largest absolute Gasteiger partial charge is 0.399 e. The van der Waals surface area contributed by atoms with Gasteiger partial charge in [-0.1, -0.05) is 6.92 Å². The summed E-state index contributed by atoms with van der Waals surface area (Å²) >= 11 is 0. The minimum Gasteiger partial charge on any atom is -0.399 e. The van der Waals surface area contributed by atoms with E-state index in [2.05, 4.69) is 16.5 Å². The number of nitrogens with zero attached hydrogens (tertiary/aromatic N) is 2. The highest BCUT2D eigenvalue weighted by Crippen LogP contribution is 2.13. The maximum absolute atomic E-state index is 12.2. The first kappa shape index (κ1) is 12.8. The van der Waals surface area contributed by atoms with Gasteiger partial charge < -0.3 is 10.3 Å². The van der Waals surface area contributed by atoms with Crippen LogP contribution in [0, 0.1) is 0 Å². The van der Waals surface area contributed by atoms with E-state index >= 15 is 0 Å². The molecule has 1 heterocycles. The van der Waals surface area contributed by atoms with Crippen molar-refractivity contribution in [1.29, 1.82) is 0 Å². The van der Waals surface area contributed by atoms with Crippen LogP contribution in [0.4, 0.5) is 5.69 Å². The molecule has 0 amide bonds. The Hall–Kier alpha value is -1.62. The molecule has 5 heteroatoms. The van der Waals surface area contributed by atoms with Crippen LogP contribution in [0.1, 0.15) is 19.2 Å². The van der Waals surface area contributed by atoms with Crippen molar-refractivity contribution < 1.29 is 4.21 Å². The Morgan fingerprint density at radius 2 is 2.06 bits per heavy atom. The Morgan fingerprint density at radius 3 is 2.72 bits per heavy atom. The van der Waals surface area contributed by atoms with Crippen LogP contribution in [0.25, 0.3) is 0 Å². The van der Waals surface area contributed by atoms with E-state index in [1.54, 1.807) is 30.5 Å². The second kappa shape index (κ2) is 5.82. The molecule has 0 aliphatic rings. The fourth-order valence-corrected chi connectivity index (χ4v) is 2.83. The Morgan fingerprint density at radius 1 is 1.33 bits per heavy atom. The lowest BCUT2D eigenvalue weighted by Crippen LogP contribution is -2.06. The zero-order valence-corrected chi connectivity index (χ0v) is 11.2. The summed E-state index contributed by atoms with van der Waals surface area (Å²) in [7, 11) is -1.07. The summed E-state index contributed by atoms with van der Waals surface area (Å²) in [4.78, 5) is 5.05. The molecule has 0 radical (unpaired) electrons. The van der Waals surface area contributed by atoms with E-state index in [-0.39, 0.29) is 0 Å². The van der Waals surface area contributed by atoms with Crippen molar-refractivity contribution in [3.63, 3.8) is 0 Å². The van der Waals surface area contributed by atoms with Gasteiger partial charge in [0.2, 0.25) is 0 Å². The maximum Gasteiger partial charge on any atom is 0.121 e. The molecule has 0 bridgehead atoms. The lowest BCUT2D eigenvalue weighted by Gasteiger charge is -2.06. The number of nitrogen functional groups attached to an aromatic ring is 1. The number of nitrogens with two attached hydrogens (primary N) is 1. The predicted octanol–water partition coefficient (Wildman–Crippen LogP) is 2.18. The number of hydrogen-bond acceptors (Lipinski definition) is 3. The van der Waals surface area contributed by atoms with Crippen molar-refractivity contribution >= 4 is 16.5 Å². The van der Waals surface area contributed by atoms with Crippen molar-refractivity contribution in [3.8, 4) is 0 Å². The van der Waals surface area contributed by atoms with Crippen LogP contribution in [-0.4, -0.2) is 13.8 Å². The molecule has 0 aliphatic heterocycles. The second-order valence-electron chi connectivity index (χ2n) is 4.10. The molecule has 1 atom stereocenters. The SMILES string of the molecule is CCCn1ccnc1CS(=O)c1ccc(N)cc1. The number of hydrogen-bond donors (Lipinski definition) is 1. The number of benzene rings is 1.